The molecule has 58 valence electrons. The third-order valence-corrected chi connectivity index (χ3v) is 3.42. The minimum absolute atomic E-state index is 0.225. The van der Waals surface area contributed by atoms with Crippen LogP contribution in [0.15, 0.2) is 0 Å². The average Bonchev–Trinajstić information content (AvgIpc) is 2.39. The number of thioether (sulfide) groups is 1. The van der Waals surface area contributed by atoms with Gasteiger partial charge >= 0.3 is 0 Å². The Balaban J connectivity index is 1.98. The predicted molar refractivity (Wildman–Crippen MR) is 43.5 cm³/mol. The molecule has 2 fully saturated rings. The van der Waals surface area contributed by atoms with E-state index >= 15 is 0 Å². The van der Waals surface area contributed by atoms with Crippen molar-refractivity contribution in [1.29, 1.82) is 0 Å². The highest BCUT2D eigenvalue weighted by Gasteiger charge is 2.36. The minimum Gasteiger partial charge on any atom is -0.371 e. The summed E-state index contributed by atoms with van der Waals surface area (Å²) in [4.78, 5) is 0. The van der Waals surface area contributed by atoms with Gasteiger partial charge in [0.15, 0.2) is 0 Å². The standard InChI is InChI=1S/C7H13NOS/c1-4-10-6-7(1)5-8-2-3-9-7/h8H,1-6H2/t7-/m1/s1. The fourth-order valence-corrected chi connectivity index (χ4v) is 2.91. The summed E-state index contributed by atoms with van der Waals surface area (Å²) < 4.78 is 5.74. The zero-order valence-electron chi connectivity index (χ0n) is 6.06. The molecule has 1 spiro atoms. The topological polar surface area (TPSA) is 21.3 Å². The molecule has 2 saturated heterocycles. The molecule has 0 aromatic heterocycles. The highest BCUT2D eigenvalue weighted by Crippen LogP contribution is 2.31. The van der Waals surface area contributed by atoms with Crippen LogP contribution >= 0.6 is 11.8 Å². The van der Waals surface area contributed by atoms with Gasteiger partial charge in [-0.25, -0.2) is 0 Å². The van der Waals surface area contributed by atoms with E-state index in [0.717, 1.165) is 19.7 Å². The SMILES string of the molecule is C1CO[C@]2(CCSC2)CN1. The van der Waals surface area contributed by atoms with Crippen LogP contribution in [0.3, 0.4) is 0 Å². The van der Waals surface area contributed by atoms with Crippen LogP contribution in [-0.2, 0) is 4.74 Å². The van der Waals surface area contributed by atoms with E-state index in [0.29, 0.717) is 0 Å². The lowest BCUT2D eigenvalue weighted by Crippen LogP contribution is -2.49. The van der Waals surface area contributed by atoms with E-state index in [2.05, 4.69) is 5.32 Å². The van der Waals surface area contributed by atoms with Crippen LogP contribution in [0.4, 0.5) is 0 Å². The molecule has 2 rings (SSSR count). The molecule has 0 aromatic carbocycles. The Kier molecular flexibility index (Phi) is 1.89. The highest BCUT2D eigenvalue weighted by molar-refractivity contribution is 7.99. The lowest BCUT2D eigenvalue weighted by molar-refractivity contribution is -0.0462. The van der Waals surface area contributed by atoms with Crippen molar-refractivity contribution < 1.29 is 4.74 Å². The molecule has 0 saturated carbocycles. The van der Waals surface area contributed by atoms with Crippen molar-refractivity contribution in [2.24, 2.45) is 0 Å². The molecule has 0 amide bonds. The fourth-order valence-electron chi connectivity index (χ4n) is 1.55. The normalized spacial score (nSPS) is 40.8. The molecule has 0 unspecified atom stereocenters. The van der Waals surface area contributed by atoms with Crippen molar-refractivity contribution in [3.63, 3.8) is 0 Å². The molecule has 2 heterocycles. The van der Waals surface area contributed by atoms with Gasteiger partial charge in [-0.1, -0.05) is 0 Å². The Labute approximate surface area is 65.7 Å². The number of ether oxygens (including phenoxy) is 1. The molecule has 0 radical (unpaired) electrons. The molecule has 1 N–H and O–H groups in total. The molecule has 0 bridgehead atoms. The van der Waals surface area contributed by atoms with Gasteiger partial charge in [0.2, 0.25) is 0 Å². The Morgan fingerprint density at radius 2 is 2.50 bits per heavy atom. The first kappa shape index (κ1) is 6.95. The number of rotatable bonds is 0. The van der Waals surface area contributed by atoms with E-state index in [9.17, 15) is 0 Å². The van der Waals surface area contributed by atoms with Crippen molar-refractivity contribution in [2.45, 2.75) is 12.0 Å². The smallest absolute Gasteiger partial charge is 0.0904 e. The molecule has 1 atom stereocenters. The van der Waals surface area contributed by atoms with Gasteiger partial charge in [-0.3, -0.25) is 0 Å². The van der Waals surface area contributed by atoms with E-state index in [4.69, 9.17) is 4.74 Å². The maximum atomic E-state index is 5.74. The van der Waals surface area contributed by atoms with Crippen LogP contribution in [0.5, 0.6) is 0 Å². The van der Waals surface area contributed by atoms with Crippen molar-refractivity contribution in [3.8, 4) is 0 Å². The Morgan fingerprint density at radius 3 is 3.10 bits per heavy atom. The second-order valence-corrected chi connectivity index (χ2v) is 4.12. The summed E-state index contributed by atoms with van der Waals surface area (Å²) in [5.41, 5.74) is 0.225. The maximum absolute atomic E-state index is 5.74. The summed E-state index contributed by atoms with van der Waals surface area (Å²) in [5.74, 6) is 2.47. The van der Waals surface area contributed by atoms with Gasteiger partial charge in [0, 0.05) is 18.8 Å². The van der Waals surface area contributed by atoms with E-state index in [1.54, 1.807) is 0 Å². The van der Waals surface area contributed by atoms with Crippen LogP contribution in [0, 0.1) is 0 Å². The molecule has 0 aromatic rings. The Morgan fingerprint density at radius 1 is 1.50 bits per heavy atom. The first-order valence-electron chi connectivity index (χ1n) is 3.84. The highest BCUT2D eigenvalue weighted by atomic mass is 32.2. The number of morpholine rings is 1. The second-order valence-electron chi connectivity index (χ2n) is 3.01. The van der Waals surface area contributed by atoms with Crippen molar-refractivity contribution in [3.05, 3.63) is 0 Å². The second kappa shape index (κ2) is 2.72. The average molecular weight is 159 g/mol. The van der Waals surface area contributed by atoms with Crippen LogP contribution in [-0.4, -0.2) is 36.8 Å². The molecule has 3 heteroatoms. The van der Waals surface area contributed by atoms with Crippen LogP contribution in [0.2, 0.25) is 0 Å². The van der Waals surface area contributed by atoms with Crippen LogP contribution < -0.4 is 5.32 Å². The molecular weight excluding hydrogens is 146 g/mol. The van der Waals surface area contributed by atoms with Gasteiger partial charge in [0.25, 0.3) is 0 Å². The number of hydrogen-bond acceptors (Lipinski definition) is 3. The summed E-state index contributed by atoms with van der Waals surface area (Å²) >= 11 is 2.01. The number of hydrogen-bond donors (Lipinski definition) is 1. The zero-order chi connectivity index (χ0) is 6.86. The fraction of sp³-hybridized carbons (Fsp3) is 1.00. The van der Waals surface area contributed by atoms with E-state index in [-0.39, 0.29) is 5.60 Å². The molecule has 10 heavy (non-hydrogen) atoms. The predicted octanol–water partition coefficient (Wildman–Crippen LogP) is 0.482. The lowest BCUT2D eigenvalue weighted by atomic mass is 10.0. The first-order valence-corrected chi connectivity index (χ1v) is 4.99. The summed E-state index contributed by atoms with van der Waals surface area (Å²) in [7, 11) is 0. The maximum Gasteiger partial charge on any atom is 0.0904 e. The van der Waals surface area contributed by atoms with Crippen molar-refractivity contribution in [1.82, 2.24) is 5.32 Å². The van der Waals surface area contributed by atoms with Gasteiger partial charge in [0.1, 0.15) is 0 Å². The zero-order valence-corrected chi connectivity index (χ0v) is 6.88. The van der Waals surface area contributed by atoms with Gasteiger partial charge in [0.05, 0.1) is 12.2 Å². The minimum atomic E-state index is 0.225. The molecule has 2 nitrogen and oxygen atoms in total. The Hall–Kier alpha value is 0.270. The largest absolute Gasteiger partial charge is 0.371 e. The summed E-state index contributed by atoms with van der Waals surface area (Å²) in [6, 6.07) is 0. The van der Waals surface area contributed by atoms with Crippen molar-refractivity contribution >= 4 is 11.8 Å². The molecule has 2 aliphatic heterocycles. The first-order chi connectivity index (χ1) is 4.91. The third-order valence-electron chi connectivity index (χ3n) is 2.20. The van der Waals surface area contributed by atoms with E-state index in [1.807, 2.05) is 11.8 Å². The van der Waals surface area contributed by atoms with Crippen molar-refractivity contribution in [2.75, 3.05) is 31.2 Å². The Bertz CT molecular complexity index is 115. The van der Waals surface area contributed by atoms with Gasteiger partial charge < -0.3 is 10.1 Å². The lowest BCUT2D eigenvalue weighted by Gasteiger charge is -2.33. The molecule has 2 aliphatic rings. The molecule has 0 aliphatic carbocycles. The van der Waals surface area contributed by atoms with Crippen LogP contribution in [0.25, 0.3) is 0 Å². The quantitative estimate of drug-likeness (QED) is 0.555. The van der Waals surface area contributed by atoms with E-state index < -0.39 is 0 Å². The van der Waals surface area contributed by atoms with E-state index in [1.165, 1.54) is 17.9 Å². The molecular formula is C7H13NOS. The van der Waals surface area contributed by atoms with Gasteiger partial charge in [-0.05, 0) is 12.2 Å². The van der Waals surface area contributed by atoms with Crippen LogP contribution in [0.1, 0.15) is 6.42 Å². The summed E-state index contributed by atoms with van der Waals surface area (Å²) in [6.07, 6.45) is 1.24. The monoisotopic (exact) mass is 159 g/mol. The summed E-state index contributed by atoms with van der Waals surface area (Å²) in [5, 5.41) is 3.38. The third kappa shape index (κ3) is 1.18. The number of nitrogens with one attached hydrogen (secondary N) is 1. The summed E-state index contributed by atoms with van der Waals surface area (Å²) in [6.45, 7) is 3.01. The van der Waals surface area contributed by atoms with Gasteiger partial charge in [-0.2, -0.15) is 11.8 Å². The van der Waals surface area contributed by atoms with Gasteiger partial charge in [-0.15, -0.1) is 0 Å².